The van der Waals surface area contributed by atoms with Crippen molar-refractivity contribution in [3.8, 4) is 0 Å². The molecule has 3 rings (SSSR count). The van der Waals surface area contributed by atoms with E-state index in [1.165, 1.54) is 29.8 Å². The van der Waals surface area contributed by atoms with E-state index in [0.717, 1.165) is 18.5 Å². The zero-order valence-electron chi connectivity index (χ0n) is 11.6. The van der Waals surface area contributed by atoms with Gasteiger partial charge in [-0.2, -0.15) is 0 Å². The van der Waals surface area contributed by atoms with Crippen molar-refractivity contribution in [3.05, 3.63) is 65.2 Å². The minimum Gasteiger partial charge on any atom is -0.302 e. The van der Waals surface area contributed by atoms with Crippen LogP contribution < -0.4 is 5.32 Å². The molecule has 1 aliphatic rings. The molecule has 0 radical (unpaired) electrons. The number of benzene rings is 1. The Bertz CT molecular complexity index is 580. The Balaban J connectivity index is 1.77. The number of nitrogens with zero attached hydrogens (tertiary/aromatic N) is 1. The highest BCUT2D eigenvalue weighted by Crippen LogP contribution is 2.31. The molecule has 2 nitrogen and oxygen atoms in total. The van der Waals surface area contributed by atoms with Crippen molar-refractivity contribution in [2.75, 3.05) is 0 Å². The predicted molar refractivity (Wildman–Crippen MR) is 77.9 cm³/mol. The summed E-state index contributed by atoms with van der Waals surface area (Å²) < 4.78 is 12.9. The summed E-state index contributed by atoms with van der Waals surface area (Å²) in [4.78, 5) is 4.16. The van der Waals surface area contributed by atoms with Gasteiger partial charge in [0.25, 0.3) is 0 Å². The highest BCUT2D eigenvalue weighted by atomic mass is 19.1. The van der Waals surface area contributed by atoms with E-state index in [-0.39, 0.29) is 11.9 Å². The Hall–Kier alpha value is -1.74. The van der Waals surface area contributed by atoms with E-state index < -0.39 is 0 Å². The molecule has 2 aromatic rings. The van der Waals surface area contributed by atoms with Crippen molar-refractivity contribution < 1.29 is 4.39 Å². The van der Waals surface area contributed by atoms with Gasteiger partial charge in [-0.1, -0.05) is 24.3 Å². The van der Waals surface area contributed by atoms with Crippen molar-refractivity contribution in [1.29, 1.82) is 0 Å². The van der Waals surface area contributed by atoms with Crippen molar-refractivity contribution in [2.45, 2.75) is 38.3 Å². The second-order valence-electron chi connectivity index (χ2n) is 5.43. The first-order chi connectivity index (χ1) is 9.74. The van der Waals surface area contributed by atoms with Gasteiger partial charge >= 0.3 is 0 Å². The minimum absolute atomic E-state index is 0.117. The topological polar surface area (TPSA) is 24.9 Å². The molecule has 1 N–H and O–H groups in total. The number of rotatable bonds is 3. The van der Waals surface area contributed by atoms with E-state index in [9.17, 15) is 4.39 Å². The highest BCUT2D eigenvalue weighted by Gasteiger charge is 2.21. The molecular weight excluding hydrogens is 251 g/mol. The Kier molecular flexibility index (Phi) is 3.79. The summed E-state index contributed by atoms with van der Waals surface area (Å²) in [5, 5.41) is 3.63. The van der Waals surface area contributed by atoms with Crippen LogP contribution in [0.4, 0.5) is 4.39 Å². The number of hydrogen-bond donors (Lipinski definition) is 1. The summed E-state index contributed by atoms with van der Waals surface area (Å²) in [7, 11) is 0. The molecule has 2 atom stereocenters. The van der Waals surface area contributed by atoms with Gasteiger partial charge in [0, 0.05) is 12.1 Å². The number of aryl methyl sites for hydroxylation is 1. The molecular formula is C17H19FN2. The number of halogens is 1. The van der Waals surface area contributed by atoms with Gasteiger partial charge in [-0.15, -0.1) is 0 Å². The Morgan fingerprint density at radius 2 is 2.10 bits per heavy atom. The molecule has 0 amide bonds. The van der Waals surface area contributed by atoms with E-state index in [1.807, 2.05) is 0 Å². The highest BCUT2D eigenvalue weighted by molar-refractivity contribution is 5.32. The van der Waals surface area contributed by atoms with E-state index in [2.05, 4.69) is 41.5 Å². The monoisotopic (exact) mass is 270 g/mol. The van der Waals surface area contributed by atoms with Crippen molar-refractivity contribution in [3.63, 3.8) is 0 Å². The molecule has 2 unspecified atom stereocenters. The van der Waals surface area contributed by atoms with Crippen LogP contribution in [0.2, 0.25) is 0 Å². The maximum atomic E-state index is 12.9. The molecule has 20 heavy (non-hydrogen) atoms. The zero-order chi connectivity index (χ0) is 13.9. The quantitative estimate of drug-likeness (QED) is 0.913. The Morgan fingerprint density at radius 1 is 1.25 bits per heavy atom. The molecule has 1 heterocycles. The van der Waals surface area contributed by atoms with Crippen molar-refractivity contribution >= 4 is 0 Å². The summed E-state index contributed by atoms with van der Waals surface area (Å²) in [6.45, 7) is 2.08. The molecule has 3 heteroatoms. The Labute approximate surface area is 119 Å². The molecule has 1 aliphatic carbocycles. The fraction of sp³-hybridized carbons (Fsp3) is 0.353. The van der Waals surface area contributed by atoms with E-state index in [0.29, 0.717) is 6.04 Å². The first-order valence-electron chi connectivity index (χ1n) is 7.19. The largest absolute Gasteiger partial charge is 0.302 e. The van der Waals surface area contributed by atoms with Crippen LogP contribution >= 0.6 is 0 Å². The number of pyridine rings is 1. The summed E-state index contributed by atoms with van der Waals surface area (Å²) in [6, 6.07) is 12.3. The number of aromatic nitrogens is 1. The molecule has 104 valence electrons. The molecule has 1 aromatic heterocycles. The van der Waals surface area contributed by atoms with Gasteiger partial charge in [-0.3, -0.25) is 4.98 Å². The van der Waals surface area contributed by atoms with E-state index >= 15 is 0 Å². The third-order valence-corrected chi connectivity index (χ3v) is 4.01. The van der Waals surface area contributed by atoms with Crippen LogP contribution in [-0.4, -0.2) is 4.98 Å². The lowest BCUT2D eigenvalue weighted by Crippen LogP contribution is -2.28. The van der Waals surface area contributed by atoms with E-state index in [4.69, 9.17) is 0 Å². The molecule has 0 aliphatic heterocycles. The van der Waals surface area contributed by atoms with Gasteiger partial charge in [-0.25, -0.2) is 4.39 Å². The van der Waals surface area contributed by atoms with Crippen LogP contribution in [0, 0.1) is 5.82 Å². The predicted octanol–water partition coefficient (Wildman–Crippen LogP) is 3.95. The van der Waals surface area contributed by atoms with Crippen molar-refractivity contribution in [2.24, 2.45) is 0 Å². The lowest BCUT2D eigenvalue weighted by Gasteiger charge is -2.29. The molecule has 0 bridgehead atoms. The van der Waals surface area contributed by atoms with Gasteiger partial charge in [0.1, 0.15) is 5.82 Å². The standard InChI is InChI=1S/C17H19FN2/c1-12(16-10-9-14(18)11-19-16)20-17-8-4-6-13-5-2-3-7-15(13)17/h2-3,5,7,9-12,17,20H,4,6,8H2,1H3. The van der Waals surface area contributed by atoms with E-state index in [1.54, 1.807) is 6.07 Å². The number of nitrogens with one attached hydrogen (secondary N) is 1. The summed E-state index contributed by atoms with van der Waals surface area (Å²) >= 11 is 0. The van der Waals surface area contributed by atoms with Crippen LogP contribution in [0.15, 0.2) is 42.6 Å². The third kappa shape index (κ3) is 2.73. The molecule has 0 spiro atoms. The van der Waals surface area contributed by atoms with Crippen LogP contribution in [0.5, 0.6) is 0 Å². The molecule has 0 saturated heterocycles. The molecule has 1 aromatic carbocycles. The SMILES string of the molecule is CC(NC1CCCc2ccccc21)c1ccc(F)cn1. The molecule has 0 saturated carbocycles. The van der Waals surface area contributed by atoms with Crippen LogP contribution in [-0.2, 0) is 6.42 Å². The van der Waals surface area contributed by atoms with Crippen LogP contribution in [0.1, 0.15) is 48.7 Å². The zero-order valence-corrected chi connectivity index (χ0v) is 11.6. The summed E-state index contributed by atoms with van der Waals surface area (Å²) in [5.74, 6) is -0.288. The number of hydrogen-bond acceptors (Lipinski definition) is 2. The van der Waals surface area contributed by atoms with Gasteiger partial charge < -0.3 is 5.32 Å². The first-order valence-corrected chi connectivity index (χ1v) is 7.19. The van der Waals surface area contributed by atoms with Crippen LogP contribution in [0.25, 0.3) is 0 Å². The normalized spacial score (nSPS) is 19.4. The Morgan fingerprint density at radius 3 is 2.90 bits per heavy atom. The minimum atomic E-state index is -0.288. The molecule has 0 fully saturated rings. The smallest absolute Gasteiger partial charge is 0.141 e. The van der Waals surface area contributed by atoms with Crippen LogP contribution in [0.3, 0.4) is 0 Å². The van der Waals surface area contributed by atoms with Gasteiger partial charge in [0.15, 0.2) is 0 Å². The fourth-order valence-electron chi connectivity index (χ4n) is 2.96. The maximum Gasteiger partial charge on any atom is 0.141 e. The second kappa shape index (κ2) is 5.71. The average molecular weight is 270 g/mol. The average Bonchev–Trinajstić information content (AvgIpc) is 2.48. The van der Waals surface area contributed by atoms with Gasteiger partial charge in [0.05, 0.1) is 11.9 Å². The summed E-state index contributed by atoms with van der Waals surface area (Å²) in [6.07, 6.45) is 4.79. The van der Waals surface area contributed by atoms with Crippen molar-refractivity contribution in [1.82, 2.24) is 10.3 Å². The maximum absolute atomic E-state index is 12.9. The fourth-order valence-corrected chi connectivity index (χ4v) is 2.96. The summed E-state index contributed by atoms with van der Waals surface area (Å²) in [5.41, 5.74) is 3.72. The lowest BCUT2D eigenvalue weighted by atomic mass is 9.87. The third-order valence-electron chi connectivity index (χ3n) is 4.01. The second-order valence-corrected chi connectivity index (χ2v) is 5.43. The first kappa shape index (κ1) is 13.3. The van der Waals surface area contributed by atoms with Gasteiger partial charge in [-0.05, 0) is 49.4 Å². The number of fused-ring (bicyclic) bond motifs is 1. The van der Waals surface area contributed by atoms with Gasteiger partial charge in [0.2, 0.25) is 0 Å². The lowest BCUT2D eigenvalue weighted by molar-refractivity contribution is 0.410.